The van der Waals surface area contributed by atoms with Crippen molar-refractivity contribution < 1.29 is 5.11 Å². The lowest BCUT2D eigenvalue weighted by Gasteiger charge is -2.19. The number of rotatable bonds is 1. The fraction of sp³-hybridized carbons (Fsp3) is 0.250. The second kappa shape index (κ2) is 4.66. The number of halogens is 1. The van der Waals surface area contributed by atoms with Crippen molar-refractivity contribution >= 4 is 11.6 Å². The molecule has 2 rings (SSSR count). The molecule has 0 aliphatic carbocycles. The molecular weight excluding hydrogens is 244 g/mol. The maximum atomic E-state index is 9.86. The van der Waals surface area contributed by atoms with Gasteiger partial charge in [0.15, 0.2) is 0 Å². The van der Waals surface area contributed by atoms with Crippen LogP contribution in [0.5, 0.6) is 5.75 Å². The van der Waals surface area contributed by atoms with Crippen LogP contribution in [0.2, 0.25) is 5.02 Å². The SMILES string of the molecule is CC(C)(C)c1ccc(-c2cc(Cl)ccc2O)cc1. The Bertz CT molecular complexity index is 550. The van der Waals surface area contributed by atoms with Gasteiger partial charge >= 0.3 is 0 Å². The largest absolute Gasteiger partial charge is 0.507 e. The highest BCUT2D eigenvalue weighted by Gasteiger charge is 2.13. The molecule has 0 aliphatic rings. The van der Waals surface area contributed by atoms with Crippen LogP contribution in [-0.4, -0.2) is 5.11 Å². The first-order valence-electron chi connectivity index (χ1n) is 5.97. The lowest BCUT2D eigenvalue weighted by Crippen LogP contribution is -2.10. The third-order valence-corrected chi connectivity index (χ3v) is 3.26. The van der Waals surface area contributed by atoms with E-state index in [2.05, 4.69) is 32.9 Å². The van der Waals surface area contributed by atoms with Crippen molar-refractivity contribution in [3.63, 3.8) is 0 Å². The van der Waals surface area contributed by atoms with E-state index in [-0.39, 0.29) is 11.2 Å². The fourth-order valence-corrected chi connectivity index (χ4v) is 2.06. The van der Waals surface area contributed by atoms with Crippen LogP contribution >= 0.6 is 11.6 Å². The average molecular weight is 261 g/mol. The zero-order valence-electron chi connectivity index (χ0n) is 10.9. The summed E-state index contributed by atoms with van der Waals surface area (Å²) in [6, 6.07) is 13.3. The van der Waals surface area contributed by atoms with Gasteiger partial charge in [0.1, 0.15) is 5.75 Å². The summed E-state index contributed by atoms with van der Waals surface area (Å²) in [5.41, 5.74) is 3.15. The normalized spacial score (nSPS) is 11.6. The zero-order chi connectivity index (χ0) is 13.3. The van der Waals surface area contributed by atoms with Gasteiger partial charge in [-0.1, -0.05) is 56.6 Å². The molecule has 0 aliphatic heterocycles. The van der Waals surface area contributed by atoms with Gasteiger partial charge in [-0.05, 0) is 34.7 Å². The molecule has 0 atom stereocenters. The monoisotopic (exact) mass is 260 g/mol. The Morgan fingerprint density at radius 2 is 1.56 bits per heavy atom. The quantitative estimate of drug-likeness (QED) is 0.764. The van der Waals surface area contributed by atoms with Crippen LogP contribution in [0.4, 0.5) is 0 Å². The molecule has 1 N–H and O–H groups in total. The summed E-state index contributed by atoms with van der Waals surface area (Å²) in [5.74, 6) is 0.253. The van der Waals surface area contributed by atoms with Crippen molar-refractivity contribution in [2.45, 2.75) is 26.2 Å². The fourth-order valence-electron chi connectivity index (χ4n) is 1.89. The summed E-state index contributed by atoms with van der Waals surface area (Å²) in [5, 5.41) is 10.5. The van der Waals surface area contributed by atoms with E-state index in [4.69, 9.17) is 11.6 Å². The number of phenols is 1. The van der Waals surface area contributed by atoms with Crippen LogP contribution in [0.25, 0.3) is 11.1 Å². The molecule has 0 amide bonds. The van der Waals surface area contributed by atoms with E-state index in [0.29, 0.717) is 5.02 Å². The summed E-state index contributed by atoms with van der Waals surface area (Å²) < 4.78 is 0. The number of hydrogen-bond donors (Lipinski definition) is 1. The Kier molecular flexibility index (Phi) is 3.36. The molecule has 2 heteroatoms. The maximum absolute atomic E-state index is 9.86. The van der Waals surface area contributed by atoms with Crippen LogP contribution in [0.15, 0.2) is 42.5 Å². The average Bonchev–Trinajstić information content (AvgIpc) is 2.31. The third-order valence-electron chi connectivity index (χ3n) is 3.02. The second-order valence-corrected chi connectivity index (χ2v) is 5.93. The van der Waals surface area contributed by atoms with E-state index in [1.165, 1.54) is 5.56 Å². The summed E-state index contributed by atoms with van der Waals surface area (Å²) in [6.07, 6.45) is 0. The molecule has 0 unspecified atom stereocenters. The van der Waals surface area contributed by atoms with Crippen molar-refractivity contribution in [1.29, 1.82) is 0 Å². The minimum Gasteiger partial charge on any atom is -0.507 e. The van der Waals surface area contributed by atoms with E-state index < -0.39 is 0 Å². The Balaban J connectivity index is 2.43. The molecule has 2 aromatic rings. The van der Waals surface area contributed by atoms with Crippen LogP contribution in [-0.2, 0) is 5.41 Å². The van der Waals surface area contributed by atoms with Gasteiger partial charge in [0.25, 0.3) is 0 Å². The number of phenolic OH excluding ortho intramolecular Hbond substituents is 1. The first-order chi connectivity index (χ1) is 8.38. The summed E-state index contributed by atoms with van der Waals surface area (Å²) in [4.78, 5) is 0. The molecule has 0 saturated carbocycles. The van der Waals surface area contributed by atoms with Crippen LogP contribution in [0.3, 0.4) is 0 Å². The van der Waals surface area contributed by atoms with Crippen molar-refractivity contribution in [3.05, 3.63) is 53.1 Å². The van der Waals surface area contributed by atoms with E-state index >= 15 is 0 Å². The highest BCUT2D eigenvalue weighted by atomic mass is 35.5. The van der Waals surface area contributed by atoms with E-state index in [9.17, 15) is 5.11 Å². The maximum Gasteiger partial charge on any atom is 0.123 e. The lowest BCUT2D eigenvalue weighted by molar-refractivity contribution is 0.477. The zero-order valence-corrected chi connectivity index (χ0v) is 11.6. The van der Waals surface area contributed by atoms with E-state index in [0.717, 1.165) is 11.1 Å². The molecule has 1 nitrogen and oxygen atoms in total. The molecule has 0 radical (unpaired) electrons. The molecule has 0 fully saturated rings. The van der Waals surface area contributed by atoms with Crippen LogP contribution in [0.1, 0.15) is 26.3 Å². The van der Waals surface area contributed by atoms with Gasteiger partial charge in [0.05, 0.1) is 0 Å². The van der Waals surface area contributed by atoms with Gasteiger partial charge in [0.2, 0.25) is 0 Å². The molecule has 0 aromatic heterocycles. The van der Waals surface area contributed by atoms with Gasteiger partial charge in [-0.3, -0.25) is 0 Å². The molecule has 0 heterocycles. The first kappa shape index (κ1) is 13.0. The Morgan fingerprint density at radius 1 is 0.944 bits per heavy atom. The number of aromatic hydroxyl groups is 1. The molecular formula is C16H17ClO. The van der Waals surface area contributed by atoms with Crippen molar-refractivity contribution in [2.24, 2.45) is 0 Å². The van der Waals surface area contributed by atoms with Crippen LogP contribution in [0, 0.1) is 0 Å². The first-order valence-corrected chi connectivity index (χ1v) is 6.35. The number of benzene rings is 2. The summed E-state index contributed by atoms with van der Waals surface area (Å²) in [6.45, 7) is 6.54. The summed E-state index contributed by atoms with van der Waals surface area (Å²) in [7, 11) is 0. The highest BCUT2D eigenvalue weighted by Crippen LogP contribution is 2.33. The Labute approximate surface area is 113 Å². The summed E-state index contributed by atoms with van der Waals surface area (Å²) >= 11 is 5.96. The van der Waals surface area contributed by atoms with E-state index in [1.54, 1.807) is 18.2 Å². The molecule has 2 aromatic carbocycles. The molecule has 0 bridgehead atoms. The van der Waals surface area contributed by atoms with Crippen molar-refractivity contribution in [3.8, 4) is 16.9 Å². The van der Waals surface area contributed by atoms with Gasteiger partial charge in [0, 0.05) is 10.6 Å². The molecule has 94 valence electrons. The van der Waals surface area contributed by atoms with Gasteiger partial charge in [-0.15, -0.1) is 0 Å². The smallest absolute Gasteiger partial charge is 0.123 e. The second-order valence-electron chi connectivity index (χ2n) is 5.49. The highest BCUT2D eigenvalue weighted by molar-refractivity contribution is 6.31. The van der Waals surface area contributed by atoms with Gasteiger partial charge in [-0.25, -0.2) is 0 Å². The van der Waals surface area contributed by atoms with E-state index in [1.807, 2.05) is 12.1 Å². The van der Waals surface area contributed by atoms with Crippen molar-refractivity contribution in [1.82, 2.24) is 0 Å². The molecule has 18 heavy (non-hydrogen) atoms. The minimum atomic E-state index is 0.134. The predicted octanol–water partition coefficient (Wildman–Crippen LogP) is 5.01. The Hall–Kier alpha value is -1.47. The lowest BCUT2D eigenvalue weighted by atomic mass is 9.86. The number of hydrogen-bond acceptors (Lipinski definition) is 1. The van der Waals surface area contributed by atoms with Gasteiger partial charge < -0.3 is 5.11 Å². The van der Waals surface area contributed by atoms with Crippen LogP contribution < -0.4 is 0 Å². The standard InChI is InChI=1S/C16H17ClO/c1-16(2,3)12-6-4-11(5-7-12)14-10-13(17)8-9-15(14)18/h4-10,18H,1-3H3. The molecule has 0 saturated heterocycles. The topological polar surface area (TPSA) is 20.2 Å². The van der Waals surface area contributed by atoms with Crippen molar-refractivity contribution in [2.75, 3.05) is 0 Å². The third kappa shape index (κ3) is 2.68. The minimum absolute atomic E-state index is 0.134. The van der Waals surface area contributed by atoms with Gasteiger partial charge in [-0.2, -0.15) is 0 Å². The predicted molar refractivity (Wildman–Crippen MR) is 77.3 cm³/mol. The Morgan fingerprint density at radius 3 is 2.11 bits per heavy atom. The molecule has 0 spiro atoms.